The summed E-state index contributed by atoms with van der Waals surface area (Å²) in [5, 5.41) is 6.12. The number of rotatable bonds is 3. The molecule has 3 rings (SSSR count). The van der Waals surface area contributed by atoms with Gasteiger partial charge >= 0.3 is 7.12 Å². The lowest BCUT2D eigenvalue weighted by atomic mass is 9.76. The number of primary sulfonamides is 1. The molecule has 0 aliphatic carbocycles. The number of sulfonamides is 1. The largest absolute Gasteiger partial charge is 0.495 e. The zero-order valence-electron chi connectivity index (χ0n) is 13.7. The molecule has 0 spiro atoms. The van der Waals surface area contributed by atoms with Gasteiger partial charge in [0.25, 0.3) is 0 Å². The summed E-state index contributed by atoms with van der Waals surface area (Å²) in [6.07, 6.45) is 1.81. The Labute approximate surface area is 136 Å². The van der Waals surface area contributed by atoms with Gasteiger partial charge in [-0.1, -0.05) is 6.07 Å². The van der Waals surface area contributed by atoms with Gasteiger partial charge in [0, 0.05) is 11.7 Å². The maximum atomic E-state index is 11.4. The number of hydrogen-bond acceptors (Lipinski definition) is 4. The molecule has 1 aromatic heterocycles. The molecule has 1 fully saturated rings. The molecule has 1 aliphatic heterocycles. The first-order valence-electron chi connectivity index (χ1n) is 7.44. The van der Waals surface area contributed by atoms with Gasteiger partial charge in [0.15, 0.2) is 0 Å². The van der Waals surface area contributed by atoms with Gasteiger partial charge in [-0.25, -0.2) is 13.6 Å². The van der Waals surface area contributed by atoms with Crippen LogP contribution in [0.5, 0.6) is 0 Å². The number of nitrogens with two attached hydrogens (primary N) is 1. The van der Waals surface area contributed by atoms with Gasteiger partial charge in [-0.05, 0) is 56.2 Å². The molecular formula is C15H21BN2O4S. The van der Waals surface area contributed by atoms with Gasteiger partial charge in [-0.15, -0.1) is 0 Å². The van der Waals surface area contributed by atoms with E-state index in [4.69, 9.17) is 14.4 Å². The van der Waals surface area contributed by atoms with E-state index in [0.29, 0.717) is 5.56 Å². The van der Waals surface area contributed by atoms with Crippen LogP contribution in [0.1, 0.15) is 33.3 Å². The van der Waals surface area contributed by atoms with Gasteiger partial charge in [-0.2, -0.15) is 0 Å². The van der Waals surface area contributed by atoms with Gasteiger partial charge in [0.05, 0.1) is 17.0 Å². The van der Waals surface area contributed by atoms with Crippen molar-refractivity contribution in [3.8, 4) is 0 Å². The molecule has 124 valence electrons. The Morgan fingerprint density at radius 1 is 1.17 bits per heavy atom. The van der Waals surface area contributed by atoms with E-state index < -0.39 is 28.3 Å². The molecule has 1 saturated heterocycles. The summed E-state index contributed by atoms with van der Waals surface area (Å²) in [6, 6.07) is 5.51. The smallest absolute Gasteiger partial charge is 0.399 e. The minimum absolute atomic E-state index is 0.228. The van der Waals surface area contributed by atoms with E-state index >= 15 is 0 Å². The molecule has 1 aromatic carbocycles. The second-order valence-corrected chi connectivity index (χ2v) is 8.63. The Morgan fingerprint density at radius 3 is 2.35 bits per heavy atom. The maximum absolute atomic E-state index is 11.4. The molecule has 0 bridgehead atoms. The summed E-state index contributed by atoms with van der Waals surface area (Å²) in [5.41, 5.74) is 1.32. The Balaban J connectivity index is 2.08. The van der Waals surface area contributed by atoms with E-state index in [2.05, 4.69) is 4.98 Å². The normalized spacial score (nSPS) is 20.3. The number of hydrogen-bond donors (Lipinski definition) is 2. The van der Waals surface area contributed by atoms with Gasteiger partial charge in [-0.3, -0.25) is 0 Å². The number of aromatic nitrogens is 1. The molecule has 0 radical (unpaired) electrons. The van der Waals surface area contributed by atoms with Crippen molar-refractivity contribution in [2.24, 2.45) is 5.14 Å². The predicted octanol–water partition coefficient (Wildman–Crippen LogP) is 1.26. The molecule has 0 amide bonds. The molecule has 3 N–H and O–H groups in total. The van der Waals surface area contributed by atoms with Crippen LogP contribution >= 0.6 is 0 Å². The van der Waals surface area contributed by atoms with E-state index in [1.165, 1.54) is 0 Å². The summed E-state index contributed by atoms with van der Waals surface area (Å²) in [4.78, 5) is 3.10. The first-order valence-corrected chi connectivity index (χ1v) is 9.16. The number of H-pyrrole nitrogens is 1. The third-order valence-corrected chi connectivity index (χ3v) is 5.37. The van der Waals surface area contributed by atoms with Crippen LogP contribution in [0.3, 0.4) is 0 Å². The third kappa shape index (κ3) is 3.04. The highest BCUT2D eigenvalue weighted by Crippen LogP contribution is 2.37. The predicted molar refractivity (Wildman–Crippen MR) is 90.8 cm³/mol. The van der Waals surface area contributed by atoms with E-state index in [-0.39, 0.29) is 5.75 Å². The van der Waals surface area contributed by atoms with Crippen LogP contribution in [0.15, 0.2) is 24.4 Å². The van der Waals surface area contributed by atoms with E-state index in [9.17, 15) is 8.42 Å². The van der Waals surface area contributed by atoms with Crippen molar-refractivity contribution in [2.45, 2.75) is 44.6 Å². The molecule has 23 heavy (non-hydrogen) atoms. The van der Waals surface area contributed by atoms with Crippen molar-refractivity contribution in [2.75, 3.05) is 0 Å². The van der Waals surface area contributed by atoms with Gasteiger partial charge < -0.3 is 14.3 Å². The lowest BCUT2D eigenvalue weighted by Crippen LogP contribution is -2.41. The SMILES string of the molecule is CC1(C)OB(c2cc(CS(N)(=O)=O)cc3[nH]ccc23)OC1(C)C. The number of nitrogens with one attached hydrogen (secondary N) is 1. The van der Waals surface area contributed by atoms with Crippen LogP contribution in [0.25, 0.3) is 10.9 Å². The fourth-order valence-electron chi connectivity index (χ4n) is 2.74. The quantitative estimate of drug-likeness (QED) is 0.825. The second kappa shape index (κ2) is 5.07. The summed E-state index contributed by atoms with van der Waals surface area (Å²) >= 11 is 0. The fourth-order valence-corrected chi connectivity index (χ4v) is 3.37. The van der Waals surface area contributed by atoms with Crippen molar-refractivity contribution >= 4 is 33.5 Å². The number of aromatic amines is 1. The van der Waals surface area contributed by atoms with E-state index in [0.717, 1.165) is 16.4 Å². The van der Waals surface area contributed by atoms with Crippen molar-refractivity contribution in [3.05, 3.63) is 30.0 Å². The average Bonchev–Trinajstić information content (AvgIpc) is 2.89. The minimum atomic E-state index is -3.61. The lowest BCUT2D eigenvalue weighted by Gasteiger charge is -2.32. The zero-order chi connectivity index (χ0) is 17.0. The Morgan fingerprint density at radius 2 is 1.78 bits per heavy atom. The van der Waals surface area contributed by atoms with E-state index in [1.807, 2.05) is 33.8 Å². The Kier molecular flexibility index (Phi) is 3.64. The first kappa shape index (κ1) is 16.5. The summed E-state index contributed by atoms with van der Waals surface area (Å²) < 4.78 is 35.0. The van der Waals surface area contributed by atoms with Crippen molar-refractivity contribution in [1.82, 2.24) is 4.98 Å². The van der Waals surface area contributed by atoms with Crippen LogP contribution in [-0.4, -0.2) is 31.7 Å². The van der Waals surface area contributed by atoms with Crippen LogP contribution in [-0.2, 0) is 25.1 Å². The van der Waals surface area contributed by atoms with Crippen molar-refractivity contribution in [3.63, 3.8) is 0 Å². The van der Waals surface area contributed by atoms with Crippen LogP contribution in [0.2, 0.25) is 0 Å². The van der Waals surface area contributed by atoms with Crippen LogP contribution < -0.4 is 10.6 Å². The summed E-state index contributed by atoms with van der Waals surface area (Å²) in [5.74, 6) is -0.228. The van der Waals surface area contributed by atoms with Crippen molar-refractivity contribution < 1.29 is 17.7 Å². The van der Waals surface area contributed by atoms with E-state index in [1.54, 1.807) is 18.3 Å². The molecule has 2 aromatic rings. The molecule has 6 nitrogen and oxygen atoms in total. The van der Waals surface area contributed by atoms with Gasteiger partial charge in [0.2, 0.25) is 10.0 Å². The molecule has 8 heteroatoms. The first-order chi connectivity index (χ1) is 10.5. The standard InChI is InChI=1S/C15H21BN2O4S/c1-14(2)15(3,4)22-16(21-14)12-7-10(9-23(17,19)20)8-13-11(12)5-6-18-13/h5-8,18H,9H2,1-4H3,(H2,17,19,20). The maximum Gasteiger partial charge on any atom is 0.495 e. The number of fused-ring (bicyclic) bond motifs is 1. The second-order valence-electron chi connectivity index (χ2n) is 7.02. The minimum Gasteiger partial charge on any atom is -0.399 e. The monoisotopic (exact) mass is 336 g/mol. The zero-order valence-corrected chi connectivity index (χ0v) is 14.5. The molecule has 1 aliphatic rings. The highest BCUT2D eigenvalue weighted by atomic mass is 32.2. The van der Waals surface area contributed by atoms with Gasteiger partial charge in [0.1, 0.15) is 0 Å². The van der Waals surface area contributed by atoms with Crippen molar-refractivity contribution in [1.29, 1.82) is 0 Å². The fraction of sp³-hybridized carbons (Fsp3) is 0.467. The highest BCUT2D eigenvalue weighted by molar-refractivity contribution is 7.88. The molecule has 0 saturated carbocycles. The number of benzene rings is 1. The highest BCUT2D eigenvalue weighted by Gasteiger charge is 2.52. The molecule has 0 unspecified atom stereocenters. The summed E-state index contributed by atoms with van der Waals surface area (Å²) in [7, 11) is -4.17. The molecular weight excluding hydrogens is 315 g/mol. The van der Waals surface area contributed by atoms with Crippen LogP contribution in [0.4, 0.5) is 0 Å². The molecule has 2 heterocycles. The topological polar surface area (TPSA) is 94.4 Å². The Hall–Kier alpha value is -1.35. The summed E-state index contributed by atoms with van der Waals surface area (Å²) in [6.45, 7) is 7.93. The lowest BCUT2D eigenvalue weighted by molar-refractivity contribution is 0.00578. The molecule has 0 atom stereocenters. The average molecular weight is 336 g/mol. The third-order valence-electron chi connectivity index (χ3n) is 4.64. The Bertz CT molecular complexity index is 841. The van der Waals surface area contributed by atoms with Crippen LogP contribution in [0, 0.1) is 0 Å².